The van der Waals surface area contributed by atoms with Gasteiger partial charge < -0.3 is 4.74 Å². The largest absolute Gasteiger partial charge is 0.444 e. The summed E-state index contributed by atoms with van der Waals surface area (Å²) in [4.78, 5) is 0. The van der Waals surface area contributed by atoms with Crippen molar-refractivity contribution in [3.05, 3.63) is 95.2 Å². The zero-order valence-corrected chi connectivity index (χ0v) is 26.7. The summed E-state index contributed by atoms with van der Waals surface area (Å²) >= 11 is 0. The van der Waals surface area contributed by atoms with E-state index in [1.807, 2.05) is 0 Å². The fourth-order valence-corrected chi connectivity index (χ4v) is 6.82. The Morgan fingerprint density at radius 3 is 2.17 bits per heavy atom. The number of fused-ring (bicyclic) bond motifs is 2. The Kier molecular flexibility index (Phi) is 5.94. The van der Waals surface area contributed by atoms with Gasteiger partial charge in [0.25, 0.3) is 11.4 Å². The lowest BCUT2D eigenvalue weighted by Gasteiger charge is -2.33. The Morgan fingerprint density at radius 1 is 0.854 bits per heavy atom. The van der Waals surface area contributed by atoms with E-state index >= 15 is 0 Å². The molecule has 4 heterocycles. The van der Waals surface area contributed by atoms with Crippen LogP contribution in [0, 0.1) is 5.41 Å². The first-order valence-electron chi connectivity index (χ1n) is 15.1. The molecule has 2 aromatic carbocycles. The molecule has 0 aliphatic carbocycles. The predicted octanol–water partition coefficient (Wildman–Crippen LogP) is 10.1. The van der Waals surface area contributed by atoms with Crippen molar-refractivity contribution in [3.63, 3.8) is 0 Å². The normalized spacial score (nSPS) is 20.8. The van der Waals surface area contributed by atoms with Gasteiger partial charge in [-0.3, -0.25) is 0 Å². The van der Waals surface area contributed by atoms with E-state index in [-0.39, 0.29) is 16.2 Å². The van der Waals surface area contributed by atoms with Crippen LogP contribution >= 0.6 is 0 Å². The Bertz CT molecular complexity index is 1680. The molecule has 0 saturated carbocycles. The summed E-state index contributed by atoms with van der Waals surface area (Å²) in [6, 6.07) is 16.0. The van der Waals surface area contributed by atoms with E-state index in [0.717, 1.165) is 24.5 Å². The number of nitrogens with zero attached hydrogens (tertiary/aromatic N) is 2. The summed E-state index contributed by atoms with van der Waals surface area (Å²) in [5.41, 5.74) is 12.6. The number of rotatable bonds is 1. The summed E-state index contributed by atoms with van der Waals surface area (Å²) in [6.45, 7) is 28.3. The molecule has 0 bridgehead atoms. The number of para-hydroxylation sites is 1. The predicted molar refractivity (Wildman–Crippen MR) is 173 cm³/mol. The van der Waals surface area contributed by atoms with Gasteiger partial charge in [0.2, 0.25) is 11.9 Å². The third kappa shape index (κ3) is 4.07. The topological polar surface area (TPSA) is 13.1 Å². The van der Waals surface area contributed by atoms with E-state index in [2.05, 4.69) is 141 Å². The minimum atomic E-state index is -0.00424. The van der Waals surface area contributed by atoms with Gasteiger partial charge in [-0.2, -0.15) is 0 Å². The van der Waals surface area contributed by atoms with Crippen molar-refractivity contribution < 1.29 is 9.41 Å². The van der Waals surface area contributed by atoms with E-state index in [1.165, 1.54) is 56.0 Å². The van der Waals surface area contributed by atoms with Crippen molar-refractivity contribution >= 4 is 16.9 Å². The summed E-state index contributed by atoms with van der Waals surface area (Å²) in [6.07, 6.45) is 7.83. The van der Waals surface area contributed by atoms with Crippen molar-refractivity contribution in [3.8, 4) is 22.8 Å². The number of hydrogen-bond donors (Lipinski definition) is 0. The molecule has 3 heteroatoms. The molecule has 1 unspecified atom stereocenters. The molecule has 3 aliphatic rings. The molecular weight excluding hydrogens is 500 g/mol. The lowest BCUT2D eigenvalue weighted by atomic mass is 9.83. The van der Waals surface area contributed by atoms with Crippen molar-refractivity contribution in [1.82, 2.24) is 4.59 Å². The van der Waals surface area contributed by atoms with Gasteiger partial charge in [0.1, 0.15) is 12.1 Å². The van der Waals surface area contributed by atoms with Crippen LogP contribution in [0.5, 0.6) is 11.5 Å². The van der Waals surface area contributed by atoms with Crippen LogP contribution in [-0.2, 0) is 10.8 Å². The molecule has 0 saturated heterocycles. The molecule has 1 spiro atoms. The summed E-state index contributed by atoms with van der Waals surface area (Å²) < 4.78 is 10.0. The minimum absolute atomic E-state index is 0.00424. The molecule has 0 fully saturated rings. The Balaban J connectivity index is 1.73. The second kappa shape index (κ2) is 8.79. The maximum atomic E-state index is 6.91. The molecule has 3 aromatic rings. The van der Waals surface area contributed by atoms with Crippen LogP contribution in [0.25, 0.3) is 16.8 Å². The zero-order chi connectivity index (χ0) is 29.7. The second-order valence-corrected chi connectivity index (χ2v) is 15.2. The molecule has 41 heavy (non-hydrogen) atoms. The van der Waals surface area contributed by atoms with Gasteiger partial charge in [0.05, 0.1) is 5.56 Å². The van der Waals surface area contributed by atoms with Crippen molar-refractivity contribution in [2.24, 2.45) is 5.41 Å². The highest BCUT2D eigenvalue weighted by Crippen LogP contribution is 2.61. The first-order chi connectivity index (χ1) is 19.1. The number of aromatic nitrogens is 1. The highest BCUT2D eigenvalue weighted by molar-refractivity contribution is 5.96. The fraction of sp³-hybridized carbons (Fsp3) is 0.395. The molecular formula is C38H46N2O+2. The molecule has 0 amide bonds. The molecule has 6 rings (SSSR count). The van der Waals surface area contributed by atoms with Gasteiger partial charge in [-0.1, -0.05) is 87.1 Å². The average Bonchev–Trinajstić information content (AvgIpc) is 3.09. The summed E-state index contributed by atoms with van der Waals surface area (Å²) in [5.74, 6) is 1.91. The average molecular weight is 547 g/mol. The highest BCUT2D eigenvalue weighted by Gasteiger charge is 2.61. The molecule has 0 radical (unpaired) electrons. The fourth-order valence-electron chi connectivity index (χ4n) is 6.82. The van der Waals surface area contributed by atoms with Crippen molar-refractivity contribution in [1.29, 1.82) is 0 Å². The van der Waals surface area contributed by atoms with Crippen LogP contribution < -0.4 is 14.0 Å². The van der Waals surface area contributed by atoms with E-state index in [1.54, 1.807) is 0 Å². The van der Waals surface area contributed by atoms with Crippen molar-refractivity contribution in [2.75, 3.05) is 6.54 Å². The minimum Gasteiger partial charge on any atom is -0.444 e. The number of benzene rings is 2. The highest BCUT2D eigenvalue weighted by atomic mass is 16.5. The lowest BCUT2D eigenvalue weighted by Crippen LogP contribution is -2.67. The van der Waals surface area contributed by atoms with Crippen LogP contribution in [0.3, 0.4) is 0 Å². The molecule has 212 valence electrons. The molecule has 3 nitrogen and oxygen atoms in total. The van der Waals surface area contributed by atoms with Gasteiger partial charge in [0, 0.05) is 18.6 Å². The first-order valence-corrected chi connectivity index (χ1v) is 15.1. The lowest BCUT2D eigenvalue weighted by molar-refractivity contribution is -0.780. The number of hydrogen-bond acceptors (Lipinski definition) is 1. The van der Waals surface area contributed by atoms with Crippen LogP contribution in [0.4, 0.5) is 11.4 Å². The van der Waals surface area contributed by atoms with Gasteiger partial charge in [0.15, 0.2) is 11.5 Å². The maximum absolute atomic E-state index is 6.91. The number of ether oxygens (including phenoxy) is 1. The monoisotopic (exact) mass is 546 g/mol. The SMILES string of the molecule is C=C1CC[N+]23c4c(cccc4/C1=C/C(=C\C)C(C)(C)C)Oc1cc(C(C)(C)C)cc(c12)-c1cc(C(C)(C)C)cc[n+]13. The summed E-state index contributed by atoms with van der Waals surface area (Å²) in [5, 5.41) is 0. The van der Waals surface area contributed by atoms with Crippen LogP contribution in [0.2, 0.25) is 0 Å². The van der Waals surface area contributed by atoms with E-state index < -0.39 is 0 Å². The third-order valence-electron chi connectivity index (χ3n) is 9.23. The van der Waals surface area contributed by atoms with E-state index in [9.17, 15) is 0 Å². The zero-order valence-electron chi connectivity index (χ0n) is 26.7. The molecule has 0 N–H and O–H groups in total. The van der Waals surface area contributed by atoms with Crippen LogP contribution in [0.15, 0.2) is 78.5 Å². The Morgan fingerprint density at radius 2 is 1.54 bits per heavy atom. The van der Waals surface area contributed by atoms with E-state index in [4.69, 9.17) is 4.74 Å². The van der Waals surface area contributed by atoms with Gasteiger partial charge in [-0.25, -0.2) is 0 Å². The van der Waals surface area contributed by atoms with Gasteiger partial charge in [-0.05, 0) is 84.5 Å². The van der Waals surface area contributed by atoms with Gasteiger partial charge >= 0.3 is 0 Å². The molecule has 1 aromatic heterocycles. The van der Waals surface area contributed by atoms with E-state index in [0.29, 0.717) is 4.59 Å². The van der Waals surface area contributed by atoms with Crippen LogP contribution in [0.1, 0.15) is 92.3 Å². The molecule has 1 atom stereocenters. The Hall–Kier alpha value is -3.43. The quantitative estimate of drug-likeness (QED) is 0.219. The van der Waals surface area contributed by atoms with Crippen molar-refractivity contribution in [2.45, 2.75) is 86.5 Å². The number of allylic oxidation sites excluding steroid dienone is 4. The summed E-state index contributed by atoms with van der Waals surface area (Å²) in [7, 11) is 0. The number of pyridine rings is 1. The molecule has 3 aliphatic heterocycles. The standard InChI is InChI=1S/C38H46N2O/c1-12-25(36(3,4)5)20-29-24(2)17-19-40-34-28(29)14-13-15-32(34)41-33-23-27(38(9,10)11)21-30(35(33)40)31-22-26(37(6,7)8)16-18-39(31)40/h12-16,18,20-23H,2,17,19H2,1,3-11H3/q+2/b25-12+,29-20+. The second-order valence-electron chi connectivity index (χ2n) is 15.2. The van der Waals surface area contributed by atoms with Gasteiger partial charge in [-0.15, -0.1) is 0 Å². The smallest absolute Gasteiger partial charge is 0.280 e. The van der Waals surface area contributed by atoms with Crippen LogP contribution in [-0.4, -0.2) is 6.54 Å². The first kappa shape index (κ1) is 27.7. The Labute approximate surface area is 247 Å². The maximum Gasteiger partial charge on any atom is 0.280 e. The third-order valence-corrected chi connectivity index (χ3v) is 9.23. The number of quaternary nitrogens is 1.